The number of allylic oxidation sites excluding steroid dienone is 1. The van der Waals surface area contributed by atoms with Gasteiger partial charge in [0.2, 0.25) is 0 Å². The number of hydrogen-bond donors (Lipinski definition) is 3. The van der Waals surface area contributed by atoms with Crippen LogP contribution in [0.15, 0.2) is 29.4 Å². The van der Waals surface area contributed by atoms with E-state index < -0.39 is 0 Å². The summed E-state index contributed by atoms with van der Waals surface area (Å²) in [6.45, 7) is 0. The van der Waals surface area contributed by atoms with Crippen molar-refractivity contribution < 1.29 is 0 Å². The number of aliphatic imine (C=N–C) groups is 1. The first-order chi connectivity index (χ1) is 7.72. The zero-order chi connectivity index (χ0) is 11.5. The van der Waals surface area contributed by atoms with E-state index in [0.717, 1.165) is 16.7 Å². The van der Waals surface area contributed by atoms with E-state index in [9.17, 15) is 0 Å². The van der Waals surface area contributed by atoms with Crippen molar-refractivity contribution in [2.75, 3.05) is 12.8 Å². The predicted octanol–water partition coefficient (Wildman–Crippen LogP) is 1.15. The van der Waals surface area contributed by atoms with E-state index in [4.69, 9.17) is 11.5 Å². The Hall–Kier alpha value is -2.30. The molecule has 2 rings (SSSR count). The van der Waals surface area contributed by atoms with Crippen LogP contribution in [0.3, 0.4) is 0 Å². The fourth-order valence-corrected chi connectivity index (χ4v) is 1.45. The van der Waals surface area contributed by atoms with E-state index in [2.05, 4.69) is 15.0 Å². The molecule has 0 radical (unpaired) electrons. The van der Waals surface area contributed by atoms with Gasteiger partial charge in [0.25, 0.3) is 0 Å². The molecular weight excluding hydrogens is 202 g/mol. The van der Waals surface area contributed by atoms with Crippen LogP contribution < -0.4 is 11.5 Å². The number of nitrogens with one attached hydrogen (secondary N) is 1. The van der Waals surface area contributed by atoms with Crippen LogP contribution in [0.2, 0.25) is 0 Å². The van der Waals surface area contributed by atoms with Crippen LogP contribution in [0.1, 0.15) is 5.69 Å². The lowest BCUT2D eigenvalue weighted by Crippen LogP contribution is -1.96. The second-order valence-electron chi connectivity index (χ2n) is 3.37. The van der Waals surface area contributed by atoms with Crippen molar-refractivity contribution >= 4 is 28.6 Å². The summed E-state index contributed by atoms with van der Waals surface area (Å²) < 4.78 is 0. The fraction of sp³-hybridized carbons (Fsp3) is 0.0909. The van der Waals surface area contributed by atoms with Crippen molar-refractivity contribution in [2.24, 2.45) is 10.7 Å². The molecule has 2 heterocycles. The van der Waals surface area contributed by atoms with Crippen LogP contribution in [-0.4, -0.2) is 23.2 Å². The molecule has 0 aliphatic carbocycles. The van der Waals surface area contributed by atoms with Crippen molar-refractivity contribution in [3.05, 3.63) is 30.1 Å². The molecule has 0 fully saturated rings. The Balaban J connectivity index is 2.51. The van der Waals surface area contributed by atoms with Crippen LogP contribution in [0.5, 0.6) is 0 Å². The Kier molecular flexibility index (Phi) is 2.59. The number of rotatable bonds is 2. The van der Waals surface area contributed by atoms with Gasteiger partial charge in [-0.05, 0) is 18.2 Å². The van der Waals surface area contributed by atoms with Gasteiger partial charge in [-0.1, -0.05) is 0 Å². The first-order valence-electron chi connectivity index (χ1n) is 4.84. The van der Waals surface area contributed by atoms with Gasteiger partial charge < -0.3 is 16.5 Å². The van der Waals surface area contributed by atoms with E-state index in [-0.39, 0.29) is 0 Å². The van der Waals surface area contributed by atoms with Crippen LogP contribution >= 0.6 is 0 Å². The summed E-state index contributed by atoms with van der Waals surface area (Å²) in [5.74, 6) is 0. The maximum absolute atomic E-state index is 5.87. The molecule has 0 atom stereocenters. The molecule has 0 unspecified atom stereocenters. The molecule has 82 valence electrons. The lowest BCUT2D eigenvalue weighted by molar-refractivity contribution is 1.29. The molecule has 16 heavy (non-hydrogen) atoms. The average molecular weight is 215 g/mol. The van der Waals surface area contributed by atoms with Crippen molar-refractivity contribution in [2.45, 2.75) is 0 Å². The molecular formula is C11H13N5. The van der Waals surface area contributed by atoms with Gasteiger partial charge in [-0.15, -0.1) is 0 Å². The Bertz CT molecular complexity index is 565. The average Bonchev–Trinajstić information content (AvgIpc) is 2.71. The topological polar surface area (TPSA) is 93.1 Å². The van der Waals surface area contributed by atoms with Gasteiger partial charge >= 0.3 is 0 Å². The smallest absolute Gasteiger partial charge is 0.139 e. The number of hydrogen-bond acceptors (Lipinski definition) is 4. The van der Waals surface area contributed by atoms with Gasteiger partial charge in [-0.2, -0.15) is 0 Å². The second-order valence-corrected chi connectivity index (χ2v) is 3.37. The number of aromatic amines is 1. The molecule has 5 nitrogen and oxygen atoms in total. The Morgan fingerprint density at radius 3 is 3.06 bits per heavy atom. The quantitative estimate of drug-likeness (QED) is 0.656. The zero-order valence-corrected chi connectivity index (χ0v) is 8.94. The minimum absolute atomic E-state index is 0.600. The van der Waals surface area contributed by atoms with Crippen molar-refractivity contribution in [1.82, 2.24) is 9.97 Å². The third-order valence-electron chi connectivity index (χ3n) is 2.28. The highest BCUT2D eigenvalue weighted by Gasteiger charge is 2.05. The monoisotopic (exact) mass is 215 g/mol. The highest BCUT2D eigenvalue weighted by Crippen LogP contribution is 2.21. The van der Waals surface area contributed by atoms with Gasteiger partial charge in [-0.3, -0.25) is 4.99 Å². The minimum Gasteiger partial charge on any atom is -0.398 e. The number of fused-ring (bicyclic) bond motifs is 1. The summed E-state index contributed by atoms with van der Waals surface area (Å²) >= 11 is 0. The lowest BCUT2D eigenvalue weighted by atomic mass is 10.2. The van der Waals surface area contributed by atoms with Gasteiger partial charge in [0.1, 0.15) is 5.65 Å². The van der Waals surface area contributed by atoms with Crippen molar-refractivity contribution in [3.63, 3.8) is 0 Å². The third kappa shape index (κ3) is 1.75. The number of pyridine rings is 1. The minimum atomic E-state index is 0.600. The molecule has 0 saturated heterocycles. The Labute approximate surface area is 92.9 Å². The summed E-state index contributed by atoms with van der Waals surface area (Å²) in [6, 6.07) is 3.64. The van der Waals surface area contributed by atoms with E-state index >= 15 is 0 Å². The normalized spacial score (nSPS) is 12.7. The molecule has 0 aliphatic heterocycles. The maximum Gasteiger partial charge on any atom is 0.139 e. The standard InChI is InChI=1S/C11H13N5/c1-14-4-2-9(13)10-6-7-8(12)3-5-15-11(7)16-10/h2-6H,13H2,1H3,(H3,12,15,16). The van der Waals surface area contributed by atoms with Crippen LogP contribution in [0, 0.1) is 0 Å². The fourth-order valence-electron chi connectivity index (χ4n) is 1.45. The van der Waals surface area contributed by atoms with Crippen molar-refractivity contribution in [1.29, 1.82) is 0 Å². The lowest BCUT2D eigenvalue weighted by Gasteiger charge is -1.93. The molecule has 0 bridgehead atoms. The molecule has 0 saturated carbocycles. The number of nitrogens with two attached hydrogens (primary N) is 2. The molecule has 0 aromatic carbocycles. The number of anilines is 1. The Morgan fingerprint density at radius 2 is 2.38 bits per heavy atom. The van der Waals surface area contributed by atoms with Gasteiger partial charge in [0, 0.05) is 30.5 Å². The van der Waals surface area contributed by atoms with Crippen LogP contribution in [0.25, 0.3) is 16.7 Å². The molecule has 2 aromatic rings. The molecule has 5 N–H and O–H groups in total. The zero-order valence-electron chi connectivity index (χ0n) is 8.94. The Morgan fingerprint density at radius 1 is 1.56 bits per heavy atom. The summed E-state index contributed by atoms with van der Waals surface area (Å²) in [5.41, 5.74) is 14.5. The maximum atomic E-state index is 5.87. The number of nitrogens with zero attached hydrogens (tertiary/aromatic N) is 2. The summed E-state index contributed by atoms with van der Waals surface area (Å²) in [5, 5.41) is 0.877. The number of aromatic nitrogens is 2. The predicted molar refractivity (Wildman–Crippen MR) is 67.1 cm³/mol. The van der Waals surface area contributed by atoms with E-state index in [1.807, 2.05) is 6.07 Å². The largest absolute Gasteiger partial charge is 0.398 e. The van der Waals surface area contributed by atoms with E-state index in [0.29, 0.717) is 11.4 Å². The van der Waals surface area contributed by atoms with Crippen LogP contribution in [0.4, 0.5) is 5.69 Å². The SMILES string of the molecule is CN=CC=C(N)c1cc2c(N)ccnc2[nH]1. The van der Waals surface area contributed by atoms with E-state index in [1.54, 1.807) is 31.6 Å². The van der Waals surface area contributed by atoms with Gasteiger partial charge in [0.15, 0.2) is 0 Å². The van der Waals surface area contributed by atoms with Crippen LogP contribution in [-0.2, 0) is 0 Å². The third-order valence-corrected chi connectivity index (χ3v) is 2.28. The number of nitrogen functional groups attached to an aromatic ring is 1. The van der Waals surface area contributed by atoms with Gasteiger partial charge in [0.05, 0.1) is 11.4 Å². The van der Waals surface area contributed by atoms with Crippen molar-refractivity contribution in [3.8, 4) is 0 Å². The second kappa shape index (κ2) is 4.06. The molecule has 0 amide bonds. The van der Waals surface area contributed by atoms with Gasteiger partial charge in [-0.25, -0.2) is 4.98 Å². The molecule has 2 aromatic heterocycles. The van der Waals surface area contributed by atoms with E-state index in [1.165, 1.54) is 0 Å². The summed E-state index contributed by atoms with van der Waals surface area (Å²) in [7, 11) is 1.69. The first kappa shape index (κ1) is 10.2. The number of H-pyrrole nitrogens is 1. The molecule has 0 aliphatic rings. The molecule has 5 heteroatoms. The summed E-state index contributed by atoms with van der Waals surface area (Å²) in [4.78, 5) is 11.1. The summed E-state index contributed by atoms with van der Waals surface area (Å²) in [6.07, 6.45) is 5.02. The molecule has 0 spiro atoms. The highest BCUT2D eigenvalue weighted by molar-refractivity contribution is 5.92. The first-order valence-corrected chi connectivity index (χ1v) is 4.84. The highest BCUT2D eigenvalue weighted by atomic mass is 14.9.